The van der Waals surface area contributed by atoms with E-state index in [0.717, 1.165) is 28.2 Å². The van der Waals surface area contributed by atoms with E-state index < -0.39 is 11.9 Å². The van der Waals surface area contributed by atoms with Crippen molar-refractivity contribution in [2.24, 2.45) is 0 Å². The molecule has 3 aliphatic heterocycles. The molecule has 13 nitrogen and oxygen atoms in total. The maximum atomic E-state index is 11.8. The molecule has 0 saturated carbocycles. The number of aromatic nitrogens is 4. The average Bonchev–Trinajstić information content (AvgIpc) is 3.46. The van der Waals surface area contributed by atoms with Gasteiger partial charge in [0, 0.05) is 111 Å². The molecule has 0 spiro atoms. The zero-order chi connectivity index (χ0) is 32.3. The first kappa shape index (κ1) is 36.7. The summed E-state index contributed by atoms with van der Waals surface area (Å²) in [6.45, 7) is 8.08. The third-order valence-corrected chi connectivity index (χ3v) is 8.51. The predicted octanol–water partition coefficient (Wildman–Crippen LogP) is 0.726. The van der Waals surface area contributed by atoms with E-state index in [1.54, 1.807) is 6.20 Å². The van der Waals surface area contributed by atoms with Gasteiger partial charge >= 0.3 is 11.9 Å². The van der Waals surface area contributed by atoms with Gasteiger partial charge in [-0.3, -0.25) is 39.1 Å². The molecule has 1 radical (unpaired) electrons. The van der Waals surface area contributed by atoms with Crippen LogP contribution in [0.4, 0.5) is 0 Å². The monoisotopic (exact) mass is 718 g/mol. The van der Waals surface area contributed by atoms with Crippen molar-refractivity contribution in [2.75, 3.05) is 85.1 Å². The number of fused-ring (bicyclic) bond motifs is 11. The van der Waals surface area contributed by atoms with Crippen LogP contribution in [0.2, 0.25) is 0 Å². The van der Waals surface area contributed by atoms with Gasteiger partial charge in [0.2, 0.25) is 0 Å². The quantitative estimate of drug-likeness (QED) is 0.348. The summed E-state index contributed by atoms with van der Waals surface area (Å²) in [5.74, 6) is 1.07. The molecule has 0 atom stereocenters. The Morgan fingerprint density at radius 3 is 1.85 bits per heavy atom. The number of hydrogen-bond acceptors (Lipinski definition) is 10. The molecule has 0 unspecified atom stereocenters. The van der Waals surface area contributed by atoms with E-state index in [0.29, 0.717) is 91.6 Å². The van der Waals surface area contributed by atoms with Gasteiger partial charge in [0.25, 0.3) is 0 Å². The summed E-state index contributed by atoms with van der Waals surface area (Å²) < 4.78 is 1.89. The number of carboxylic acid groups (broad SMARTS) is 2. The van der Waals surface area contributed by atoms with Crippen LogP contribution in [-0.2, 0) is 61.9 Å². The SMILES string of the molecule is C#CCN1CCN2CCN(CC(=O)O)CCN(CCN(CC(=O)O)CC2)Cc2cc(-c3ccccc3)cc(n2)Cn2nncc2C1.[Y]. The Morgan fingerprint density at radius 1 is 0.723 bits per heavy atom. The summed E-state index contributed by atoms with van der Waals surface area (Å²) in [7, 11) is 0. The third-order valence-electron chi connectivity index (χ3n) is 8.51. The van der Waals surface area contributed by atoms with Gasteiger partial charge in [0.15, 0.2) is 0 Å². The van der Waals surface area contributed by atoms with Crippen LogP contribution < -0.4 is 0 Å². The number of pyridine rings is 1. The van der Waals surface area contributed by atoms with Crippen molar-refractivity contribution in [3.8, 4) is 23.5 Å². The molecule has 47 heavy (non-hydrogen) atoms. The second kappa shape index (κ2) is 18.5. The van der Waals surface area contributed by atoms with E-state index in [1.165, 1.54) is 0 Å². The van der Waals surface area contributed by atoms with Gasteiger partial charge in [-0.05, 0) is 23.3 Å². The summed E-state index contributed by atoms with van der Waals surface area (Å²) in [5.41, 5.74) is 4.77. The molecule has 0 amide bonds. The molecular weight excluding hydrogens is 675 g/mol. The van der Waals surface area contributed by atoms with Crippen LogP contribution in [0.1, 0.15) is 17.1 Å². The maximum Gasteiger partial charge on any atom is 0.317 e. The molecule has 3 aliphatic rings. The molecular formula is C33H43N9O4Y. The Balaban J connectivity index is 0.00000500. The number of aliphatic carboxylic acids is 2. The van der Waals surface area contributed by atoms with Crippen molar-refractivity contribution in [2.45, 2.75) is 19.6 Å². The van der Waals surface area contributed by atoms with Crippen molar-refractivity contribution in [3.05, 3.63) is 65.7 Å². The summed E-state index contributed by atoms with van der Waals surface area (Å²) >= 11 is 0. The van der Waals surface area contributed by atoms with E-state index in [4.69, 9.17) is 11.4 Å². The van der Waals surface area contributed by atoms with Crippen molar-refractivity contribution >= 4 is 11.9 Å². The molecule has 14 heteroatoms. The molecule has 2 aromatic heterocycles. The number of carboxylic acids is 2. The zero-order valence-electron chi connectivity index (χ0n) is 26.8. The largest absolute Gasteiger partial charge is 0.480 e. The van der Waals surface area contributed by atoms with Crippen molar-refractivity contribution in [3.63, 3.8) is 0 Å². The third kappa shape index (κ3) is 11.5. The molecule has 0 aliphatic carbocycles. The first-order chi connectivity index (χ1) is 22.3. The van der Waals surface area contributed by atoms with Crippen LogP contribution in [0.25, 0.3) is 11.1 Å². The number of benzene rings is 1. The van der Waals surface area contributed by atoms with Crippen LogP contribution in [0.3, 0.4) is 0 Å². The van der Waals surface area contributed by atoms with Crippen LogP contribution in [0, 0.1) is 12.3 Å². The maximum absolute atomic E-state index is 11.8. The second-order valence-electron chi connectivity index (χ2n) is 12.0. The van der Waals surface area contributed by atoms with Gasteiger partial charge in [0.05, 0.1) is 49.5 Å². The van der Waals surface area contributed by atoms with Crippen molar-refractivity contribution in [1.82, 2.24) is 44.5 Å². The molecule has 5 heterocycles. The molecule has 2 N–H and O–H groups in total. The van der Waals surface area contributed by atoms with Gasteiger partial charge in [-0.25, -0.2) is 4.68 Å². The fourth-order valence-electron chi connectivity index (χ4n) is 6.04. The van der Waals surface area contributed by atoms with Crippen LogP contribution in [-0.4, -0.2) is 152 Å². The van der Waals surface area contributed by atoms with E-state index in [-0.39, 0.29) is 45.8 Å². The van der Waals surface area contributed by atoms with Crippen molar-refractivity contribution in [1.29, 1.82) is 0 Å². The molecule has 4 bridgehead atoms. The van der Waals surface area contributed by atoms with Crippen LogP contribution in [0.15, 0.2) is 48.7 Å². The zero-order valence-corrected chi connectivity index (χ0v) is 29.7. The number of rotatable bonds is 6. The normalized spacial score (nSPS) is 20.7. The summed E-state index contributed by atoms with van der Waals surface area (Å²) in [6, 6.07) is 14.4. The topological polar surface area (TPSA) is 134 Å². The molecule has 1 saturated heterocycles. The van der Waals surface area contributed by atoms with Gasteiger partial charge in [0.1, 0.15) is 0 Å². The Bertz CT molecular complexity index is 1470. The Labute approximate surface area is 301 Å². The van der Waals surface area contributed by atoms with Gasteiger partial charge in [-0.1, -0.05) is 41.5 Å². The minimum absolute atomic E-state index is 0. The van der Waals surface area contributed by atoms with Crippen LogP contribution >= 0.6 is 0 Å². The number of carbonyl (C=O) groups is 2. The minimum Gasteiger partial charge on any atom is -0.480 e. The van der Waals surface area contributed by atoms with E-state index in [9.17, 15) is 19.8 Å². The van der Waals surface area contributed by atoms with E-state index in [1.807, 2.05) is 32.7 Å². The standard InChI is InChI=1S/C33H43N9O4.Y/c1-2-8-38-12-9-37-10-13-40(25-32(43)44)17-15-39(16-18-41(14-11-37)26-33(45)46)22-29-19-28(27-6-4-3-5-7-27)20-30(35-29)23-42-31(24-38)21-34-36-42;/h1,3-7,19-21H,8-18,22-26H2,(H,43,44)(H,45,46);. The van der Waals surface area contributed by atoms with Crippen molar-refractivity contribution < 1.29 is 52.5 Å². The Morgan fingerprint density at radius 2 is 1.28 bits per heavy atom. The molecule has 1 fully saturated rings. The average molecular weight is 719 g/mol. The summed E-state index contributed by atoms with van der Waals surface area (Å²) in [6.07, 6.45) is 7.56. The molecule has 3 aromatic rings. The fourth-order valence-corrected chi connectivity index (χ4v) is 6.04. The summed E-state index contributed by atoms with van der Waals surface area (Å²) in [4.78, 5) is 39.4. The summed E-state index contributed by atoms with van der Waals surface area (Å²) in [5, 5.41) is 28.0. The predicted molar refractivity (Wildman–Crippen MR) is 173 cm³/mol. The Kier molecular flexibility index (Phi) is 14.4. The first-order valence-electron chi connectivity index (χ1n) is 15.8. The molecule has 1 aromatic carbocycles. The van der Waals surface area contributed by atoms with E-state index >= 15 is 0 Å². The van der Waals surface area contributed by atoms with Crippen LogP contribution in [0.5, 0.6) is 0 Å². The molecule has 247 valence electrons. The van der Waals surface area contributed by atoms with Gasteiger partial charge < -0.3 is 10.2 Å². The fraction of sp³-hybridized carbons (Fsp3) is 0.485. The van der Waals surface area contributed by atoms with Gasteiger partial charge in [-0.2, -0.15) is 0 Å². The number of hydrogen-bond donors (Lipinski definition) is 2. The number of terminal acetylenes is 1. The number of nitrogens with zero attached hydrogens (tertiary/aromatic N) is 9. The Hall–Kier alpha value is -3.09. The minimum atomic E-state index is -0.854. The smallest absolute Gasteiger partial charge is 0.317 e. The first-order valence-corrected chi connectivity index (χ1v) is 15.8. The van der Waals surface area contributed by atoms with Gasteiger partial charge in [-0.15, -0.1) is 11.5 Å². The molecule has 6 rings (SSSR count). The second-order valence-corrected chi connectivity index (χ2v) is 12.0. The van der Waals surface area contributed by atoms with E-state index in [2.05, 4.69) is 55.2 Å².